The number of halogens is 1. The molecule has 0 aliphatic carbocycles. The number of methoxy groups -OCH3 is 1. The van der Waals surface area contributed by atoms with Crippen molar-refractivity contribution in [2.45, 2.75) is 18.2 Å². The quantitative estimate of drug-likeness (QED) is 0.839. The standard InChI is InChI=1S/C12H15BrN2O3/c1-3-10(13)11(16)14-8-5-4-6-9(7-8)15-12(17)18-2/h4-7,10H,3H2,1-2H3,(H,14,16)(H,15,17). The van der Waals surface area contributed by atoms with Crippen LogP contribution < -0.4 is 10.6 Å². The molecule has 2 N–H and O–H groups in total. The van der Waals surface area contributed by atoms with Crippen molar-refractivity contribution in [1.29, 1.82) is 0 Å². The van der Waals surface area contributed by atoms with E-state index in [2.05, 4.69) is 31.3 Å². The topological polar surface area (TPSA) is 67.4 Å². The van der Waals surface area contributed by atoms with Gasteiger partial charge in [-0.05, 0) is 24.6 Å². The molecule has 0 spiro atoms. The Hall–Kier alpha value is -1.56. The van der Waals surface area contributed by atoms with Gasteiger partial charge in [0.1, 0.15) is 0 Å². The van der Waals surface area contributed by atoms with E-state index in [1.54, 1.807) is 24.3 Å². The maximum Gasteiger partial charge on any atom is 0.411 e. The fourth-order valence-corrected chi connectivity index (χ4v) is 1.36. The molecule has 0 aromatic heterocycles. The van der Waals surface area contributed by atoms with Gasteiger partial charge in [-0.15, -0.1) is 0 Å². The van der Waals surface area contributed by atoms with Crippen molar-refractivity contribution in [3.8, 4) is 0 Å². The van der Waals surface area contributed by atoms with Crippen molar-refractivity contribution in [1.82, 2.24) is 0 Å². The van der Waals surface area contributed by atoms with Gasteiger partial charge in [-0.25, -0.2) is 4.79 Å². The van der Waals surface area contributed by atoms with Crippen LogP contribution in [0, 0.1) is 0 Å². The van der Waals surface area contributed by atoms with Crippen LogP contribution >= 0.6 is 15.9 Å². The Morgan fingerprint density at radius 3 is 2.50 bits per heavy atom. The molecule has 98 valence electrons. The van der Waals surface area contributed by atoms with E-state index in [1.807, 2.05) is 6.92 Å². The van der Waals surface area contributed by atoms with E-state index in [9.17, 15) is 9.59 Å². The van der Waals surface area contributed by atoms with Gasteiger partial charge in [-0.2, -0.15) is 0 Å². The third-order valence-electron chi connectivity index (χ3n) is 2.20. The van der Waals surface area contributed by atoms with Gasteiger partial charge >= 0.3 is 6.09 Å². The van der Waals surface area contributed by atoms with Crippen molar-refractivity contribution in [3.63, 3.8) is 0 Å². The Labute approximate surface area is 114 Å². The second-order valence-electron chi connectivity index (χ2n) is 3.56. The molecule has 1 aromatic carbocycles. The lowest BCUT2D eigenvalue weighted by molar-refractivity contribution is -0.115. The number of alkyl halides is 1. The third-order valence-corrected chi connectivity index (χ3v) is 3.27. The van der Waals surface area contributed by atoms with Crippen LogP contribution in [0.25, 0.3) is 0 Å². The zero-order chi connectivity index (χ0) is 13.5. The van der Waals surface area contributed by atoms with Crippen LogP contribution in [0.2, 0.25) is 0 Å². The summed E-state index contributed by atoms with van der Waals surface area (Å²) in [7, 11) is 1.29. The number of rotatable bonds is 4. The first-order valence-corrected chi connectivity index (χ1v) is 6.38. The van der Waals surface area contributed by atoms with Crippen LogP contribution in [0.3, 0.4) is 0 Å². The molecule has 0 heterocycles. The van der Waals surface area contributed by atoms with Crippen LogP contribution in [-0.4, -0.2) is 23.9 Å². The number of benzene rings is 1. The third kappa shape index (κ3) is 4.37. The summed E-state index contributed by atoms with van der Waals surface area (Å²) in [6.45, 7) is 1.91. The lowest BCUT2D eigenvalue weighted by Crippen LogP contribution is -2.22. The van der Waals surface area contributed by atoms with Gasteiger partial charge in [0.05, 0.1) is 11.9 Å². The minimum absolute atomic E-state index is 0.118. The second-order valence-corrected chi connectivity index (χ2v) is 4.67. The van der Waals surface area contributed by atoms with Crippen LogP contribution in [-0.2, 0) is 9.53 Å². The summed E-state index contributed by atoms with van der Waals surface area (Å²) >= 11 is 3.27. The predicted molar refractivity (Wildman–Crippen MR) is 74.1 cm³/mol. The predicted octanol–water partition coefficient (Wildman–Crippen LogP) is 2.98. The summed E-state index contributed by atoms with van der Waals surface area (Å²) in [6, 6.07) is 6.84. The molecule has 2 amide bonds. The van der Waals surface area contributed by atoms with Crippen LogP contribution in [0.5, 0.6) is 0 Å². The summed E-state index contributed by atoms with van der Waals surface area (Å²) < 4.78 is 4.49. The summed E-state index contributed by atoms with van der Waals surface area (Å²) in [6.07, 6.45) is 0.150. The summed E-state index contributed by atoms with van der Waals surface area (Å²) in [5.74, 6) is -0.118. The first-order chi connectivity index (χ1) is 8.56. The molecular formula is C12H15BrN2O3. The Morgan fingerprint density at radius 1 is 1.33 bits per heavy atom. The number of nitrogens with one attached hydrogen (secondary N) is 2. The van der Waals surface area contributed by atoms with Gasteiger partial charge < -0.3 is 10.1 Å². The molecule has 0 aliphatic rings. The van der Waals surface area contributed by atoms with Crippen LogP contribution in [0.4, 0.5) is 16.2 Å². The average molecular weight is 315 g/mol. The highest BCUT2D eigenvalue weighted by atomic mass is 79.9. The van der Waals surface area contributed by atoms with Crippen molar-refractivity contribution in [2.24, 2.45) is 0 Å². The summed E-state index contributed by atoms with van der Waals surface area (Å²) in [5, 5.41) is 5.27. The molecular weight excluding hydrogens is 300 g/mol. The van der Waals surface area contributed by atoms with Gasteiger partial charge in [-0.1, -0.05) is 28.9 Å². The summed E-state index contributed by atoms with van der Waals surface area (Å²) in [5.41, 5.74) is 1.18. The molecule has 1 aromatic rings. The molecule has 1 atom stereocenters. The number of ether oxygens (including phenoxy) is 1. The van der Waals surface area contributed by atoms with E-state index in [-0.39, 0.29) is 10.7 Å². The normalized spacial score (nSPS) is 11.5. The molecule has 0 saturated carbocycles. The number of amides is 2. The van der Waals surface area contributed by atoms with E-state index >= 15 is 0 Å². The number of anilines is 2. The smallest absolute Gasteiger partial charge is 0.411 e. The largest absolute Gasteiger partial charge is 0.453 e. The van der Waals surface area contributed by atoms with Crippen LogP contribution in [0.15, 0.2) is 24.3 Å². The molecule has 0 fully saturated rings. The summed E-state index contributed by atoms with van der Waals surface area (Å²) in [4.78, 5) is 22.5. The Balaban J connectivity index is 2.70. The van der Waals surface area contributed by atoms with Crippen LogP contribution in [0.1, 0.15) is 13.3 Å². The highest BCUT2D eigenvalue weighted by molar-refractivity contribution is 9.10. The van der Waals surface area contributed by atoms with E-state index in [1.165, 1.54) is 7.11 Å². The van der Waals surface area contributed by atoms with E-state index < -0.39 is 6.09 Å². The number of carbonyl (C=O) groups is 2. The average Bonchev–Trinajstić information content (AvgIpc) is 2.37. The molecule has 5 nitrogen and oxygen atoms in total. The molecule has 1 rings (SSSR count). The fraction of sp³-hybridized carbons (Fsp3) is 0.333. The molecule has 0 aliphatic heterocycles. The number of hydrogen-bond donors (Lipinski definition) is 2. The SMILES string of the molecule is CCC(Br)C(=O)Nc1cccc(NC(=O)OC)c1. The first-order valence-electron chi connectivity index (χ1n) is 5.46. The monoisotopic (exact) mass is 314 g/mol. The highest BCUT2D eigenvalue weighted by Crippen LogP contribution is 2.17. The van der Waals surface area contributed by atoms with E-state index in [0.29, 0.717) is 17.8 Å². The lowest BCUT2D eigenvalue weighted by Gasteiger charge is -2.10. The van der Waals surface area contributed by atoms with Crippen molar-refractivity contribution < 1.29 is 14.3 Å². The van der Waals surface area contributed by atoms with Crippen molar-refractivity contribution in [3.05, 3.63) is 24.3 Å². The van der Waals surface area contributed by atoms with E-state index in [0.717, 1.165) is 0 Å². The zero-order valence-corrected chi connectivity index (χ0v) is 11.8. The molecule has 0 saturated heterocycles. The van der Waals surface area contributed by atoms with Gasteiger partial charge in [0.25, 0.3) is 0 Å². The molecule has 18 heavy (non-hydrogen) atoms. The Morgan fingerprint density at radius 2 is 1.94 bits per heavy atom. The Bertz CT molecular complexity index is 437. The molecule has 6 heteroatoms. The lowest BCUT2D eigenvalue weighted by atomic mass is 10.2. The fourth-order valence-electron chi connectivity index (χ4n) is 1.25. The van der Waals surface area contributed by atoms with Gasteiger partial charge in [0, 0.05) is 11.4 Å². The first kappa shape index (κ1) is 14.5. The minimum Gasteiger partial charge on any atom is -0.453 e. The molecule has 0 radical (unpaired) electrons. The number of carbonyl (C=O) groups excluding carboxylic acids is 2. The van der Waals surface area contributed by atoms with Crippen molar-refractivity contribution in [2.75, 3.05) is 17.7 Å². The van der Waals surface area contributed by atoms with Gasteiger partial charge in [0.15, 0.2) is 0 Å². The Kier molecular flexibility index (Phi) is 5.64. The molecule has 1 unspecified atom stereocenters. The van der Waals surface area contributed by atoms with Gasteiger partial charge in [0.2, 0.25) is 5.91 Å². The highest BCUT2D eigenvalue weighted by Gasteiger charge is 2.12. The van der Waals surface area contributed by atoms with Gasteiger partial charge in [-0.3, -0.25) is 10.1 Å². The maximum atomic E-state index is 11.7. The number of hydrogen-bond acceptors (Lipinski definition) is 3. The van der Waals surface area contributed by atoms with E-state index in [4.69, 9.17) is 0 Å². The van der Waals surface area contributed by atoms with Crippen molar-refractivity contribution >= 4 is 39.3 Å². The minimum atomic E-state index is -0.551. The molecule has 0 bridgehead atoms. The second kappa shape index (κ2) is 7.00. The zero-order valence-electron chi connectivity index (χ0n) is 10.2. The maximum absolute atomic E-state index is 11.7.